The zero-order valence-corrected chi connectivity index (χ0v) is 13.1. The second kappa shape index (κ2) is 6.22. The highest BCUT2D eigenvalue weighted by Gasteiger charge is 2.39. The lowest BCUT2D eigenvalue weighted by Crippen LogP contribution is -2.30. The van der Waals surface area contributed by atoms with Gasteiger partial charge in [0.25, 0.3) is 11.8 Å². The molecular weight excluding hydrogens is 316 g/mol. The van der Waals surface area contributed by atoms with E-state index in [4.69, 9.17) is 16.3 Å². The molecule has 116 valence electrons. The van der Waals surface area contributed by atoms with Crippen molar-refractivity contribution in [3.63, 3.8) is 0 Å². The van der Waals surface area contributed by atoms with Gasteiger partial charge in [0.05, 0.1) is 19.2 Å². The molecule has 0 radical (unpaired) electrons. The molecule has 2 aromatic rings. The molecule has 23 heavy (non-hydrogen) atoms. The number of aromatic nitrogens is 1. The molecule has 1 aliphatic rings. The second-order valence-electron chi connectivity index (χ2n) is 4.95. The Bertz CT molecular complexity index is 802. The third kappa shape index (κ3) is 2.71. The molecule has 2 heterocycles. The van der Waals surface area contributed by atoms with Crippen molar-refractivity contribution < 1.29 is 14.3 Å². The van der Waals surface area contributed by atoms with E-state index in [1.807, 2.05) is 0 Å². The Morgan fingerprint density at radius 3 is 2.61 bits per heavy atom. The summed E-state index contributed by atoms with van der Waals surface area (Å²) in [4.78, 5) is 30.1. The van der Waals surface area contributed by atoms with E-state index < -0.39 is 11.8 Å². The number of carbonyl (C=O) groups is 2. The summed E-state index contributed by atoms with van der Waals surface area (Å²) in [6.07, 6.45) is 3.23. The first-order chi connectivity index (χ1) is 11.1. The van der Waals surface area contributed by atoms with Gasteiger partial charge in [0.2, 0.25) is 0 Å². The molecule has 5 nitrogen and oxygen atoms in total. The summed E-state index contributed by atoms with van der Waals surface area (Å²) in [7, 11) is 1.50. The molecule has 3 rings (SSSR count). The summed E-state index contributed by atoms with van der Waals surface area (Å²) >= 11 is 6.14. The van der Waals surface area contributed by atoms with Crippen molar-refractivity contribution in [1.82, 2.24) is 9.88 Å². The van der Waals surface area contributed by atoms with Crippen LogP contribution in [0.3, 0.4) is 0 Å². The van der Waals surface area contributed by atoms with Gasteiger partial charge in [0.1, 0.15) is 10.8 Å². The summed E-state index contributed by atoms with van der Waals surface area (Å²) in [5, 5.41) is -0.0941. The standard InChI is InChI=1S/C17H13ClN2O3/c1-23-13-7-3-2-6-12(13)14-15(18)17(22)20(16(14)21)10-11-5-4-8-19-9-11/h2-9H,10H2,1H3. The average molecular weight is 329 g/mol. The van der Waals surface area contributed by atoms with Gasteiger partial charge in [-0.3, -0.25) is 19.5 Å². The average Bonchev–Trinajstić information content (AvgIpc) is 2.79. The predicted octanol–water partition coefficient (Wildman–Crippen LogP) is 2.61. The molecule has 0 saturated carbocycles. The van der Waals surface area contributed by atoms with Gasteiger partial charge < -0.3 is 4.74 Å². The molecular formula is C17H13ClN2O3. The number of carbonyl (C=O) groups excluding carboxylic acids is 2. The van der Waals surface area contributed by atoms with Crippen molar-refractivity contribution >= 4 is 29.0 Å². The second-order valence-corrected chi connectivity index (χ2v) is 5.32. The zero-order valence-electron chi connectivity index (χ0n) is 12.3. The van der Waals surface area contributed by atoms with Gasteiger partial charge in [-0.1, -0.05) is 35.9 Å². The van der Waals surface area contributed by atoms with E-state index in [1.54, 1.807) is 48.8 Å². The number of ether oxygens (including phenoxy) is 1. The van der Waals surface area contributed by atoms with Gasteiger partial charge >= 0.3 is 0 Å². The Morgan fingerprint density at radius 2 is 1.91 bits per heavy atom. The Balaban J connectivity index is 1.97. The minimum atomic E-state index is -0.513. The van der Waals surface area contributed by atoms with Crippen LogP contribution in [0.15, 0.2) is 53.8 Å². The molecule has 0 fully saturated rings. The topological polar surface area (TPSA) is 59.5 Å². The quantitative estimate of drug-likeness (QED) is 0.809. The maximum atomic E-state index is 12.7. The first-order valence-electron chi connectivity index (χ1n) is 6.91. The van der Waals surface area contributed by atoms with Gasteiger partial charge in [0, 0.05) is 18.0 Å². The number of benzene rings is 1. The fourth-order valence-corrected chi connectivity index (χ4v) is 2.73. The molecule has 0 unspecified atom stereocenters. The Hall–Kier alpha value is -2.66. The molecule has 1 aromatic carbocycles. The number of amides is 2. The van der Waals surface area contributed by atoms with Crippen LogP contribution >= 0.6 is 11.6 Å². The van der Waals surface area contributed by atoms with Crippen molar-refractivity contribution in [1.29, 1.82) is 0 Å². The molecule has 0 saturated heterocycles. The molecule has 0 N–H and O–H groups in total. The lowest BCUT2D eigenvalue weighted by Gasteiger charge is -2.15. The van der Waals surface area contributed by atoms with Crippen molar-refractivity contribution in [2.45, 2.75) is 6.54 Å². The summed E-state index contributed by atoms with van der Waals surface area (Å²) in [5.74, 6) is -0.459. The van der Waals surface area contributed by atoms with E-state index in [2.05, 4.69) is 4.98 Å². The summed E-state index contributed by atoms with van der Waals surface area (Å²) in [5.41, 5.74) is 1.42. The van der Waals surface area contributed by atoms with E-state index in [0.717, 1.165) is 10.5 Å². The minimum absolute atomic E-state index is 0.0941. The van der Waals surface area contributed by atoms with Crippen LogP contribution in [0.4, 0.5) is 0 Å². The van der Waals surface area contributed by atoms with E-state index in [-0.39, 0.29) is 17.2 Å². The predicted molar refractivity (Wildman–Crippen MR) is 85.6 cm³/mol. The monoisotopic (exact) mass is 328 g/mol. The van der Waals surface area contributed by atoms with Gasteiger partial charge in [0.15, 0.2) is 0 Å². The maximum absolute atomic E-state index is 12.7. The first-order valence-corrected chi connectivity index (χ1v) is 7.29. The fraction of sp³-hybridized carbons (Fsp3) is 0.118. The molecule has 1 aliphatic heterocycles. The molecule has 6 heteroatoms. The number of methoxy groups -OCH3 is 1. The highest BCUT2D eigenvalue weighted by Crippen LogP contribution is 2.36. The normalized spacial score (nSPS) is 14.6. The third-order valence-electron chi connectivity index (χ3n) is 3.55. The minimum Gasteiger partial charge on any atom is -0.496 e. The highest BCUT2D eigenvalue weighted by atomic mass is 35.5. The van der Waals surface area contributed by atoms with Gasteiger partial charge in [-0.25, -0.2) is 0 Å². The van der Waals surface area contributed by atoms with Gasteiger partial charge in [-0.15, -0.1) is 0 Å². The molecule has 0 spiro atoms. The Morgan fingerprint density at radius 1 is 1.13 bits per heavy atom. The van der Waals surface area contributed by atoms with Crippen LogP contribution in [0.1, 0.15) is 11.1 Å². The fourth-order valence-electron chi connectivity index (χ4n) is 2.45. The van der Waals surface area contributed by atoms with E-state index in [1.165, 1.54) is 7.11 Å². The molecule has 1 aromatic heterocycles. The largest absolute Gasteiger partial charge is 0.496 e. The zero-order chi connectivity index (χ0) is 16.4. The first kappa shape index (κ1) is 15.2. The summed E-state index contributed by atoms with van der Waals surface area (Å²) in [6, 6.07) is 10.5. The number of hydrogen-bond donors (Lipinski definition) is 0. The summed E-state index contributed by atoms with van der Waals surface area (Å²) in [6.45, 7) is 0.125. The Labute approximate surface area is 138 Å². The van der Waals surface area contributed by atoms with Crippen LogP contribution in [0.5, 0.6) is 5.75 Å². The number of nitrogens with zero attached hydrogens (tertiary/aromatic N) is 2. The van der Waals surface area contributed by atoms with Crippen LogP contribution in [0.25, 0.3) is 5.57 Å². The van der Waals surface area contributed by atoms with Crippen molar-refractivity contribution in [3.8, 4) is 5.75 Å². The summed E-state index contributed by atoms with van der Waals surface area (Å²) < 4.78 is 5.26. The van der Waals surface area contributed by atoms with E-state index >= 15 is 0 Å². The van der Waals surface area contributed by atoms with Gasteiger partial charge in [-0.05, 0) is 17.7 Å². The van der Waals surface area contributed by atoms with Crippen molar-refractivity contribution in [2.24, 2.45) is 0 Å². The molecule has 0 aliphatic carbocycles. The number of halogens is 1. The molecule has 0 atom stereocenters. The number of hydrogen-bond acceptors (Lipinski definition) is 4. The molecule has 2 amide bonds. The van der Waals surface area contributed by atoms with Crippen LogP contribution in [-0.4, -0.2) is 28.8 Å². The lowest BCUT2D eigenvalue weighted by atomic mass is 10.1. The van der Waals surface area contributed by atoms with Crippen LogP contribution < -0.4 is 4.74 Å². The molecule has 0 bridgehead atoms. The van der Waals surface area contributed by atoms with E-state index in [0.29, 0.717) is 11.3 Å². The number of pyridine rings is 1. The SMILES string of the molecule is COc1ccccc1C1=C(Cl)C(=O)N(Cc2cccnc2)C1=O. The Kier molecular flexibility index (Phi) is 4.12. The van der Waals surface area contributed by atoms with Crippen LogP contribution in [0.2, 0.25) is 0 Å². The number of rotatable bonds is 4. The van der Waals surface area contributed by atoms with Gasteiger partial charge in [-0.2, -0.15) is 0 Å². The van der Waals surface area contributed by atoms with Crippen LogP contribution in [0, 0.1) is 0 Å². The smallest absolute Gasteiger partial charge is 0.273 e. The number of para-hydroxylation sites is 1. The van der Waals surface area contributed by atoms with Crippen LogP contribution in [-0.2, 0) is 16.1 Å². The highest BCUT2D eigenvalue weighted by molar-refractivity contribution is 6.55. The van der Waals surface area contributed by atoms with Crippen molar-refractivity contribution in [3.05, 3.63) is 65.0 Å². The lowest BCUT2D eigenvalue weighted by molar-refractivity contribution is -0.137. The third-order valence-corrected chi connectivity index (χ3v) is 3.90. The van der Waals surface area contributed by atoms with E-state index in [9.17, 15) is 9.59 Å². The maximum Gasteiger partial charge on any atom is 0.273 e. The van der Waals surface area contributed by atoms with Crippen molar-refractivity contribution in [2.75, 3.05) is 7.11 Å². The number of imide groups is 1.